The lowest BCUT2D eigenvalue weighted by atomic mass is 9.86. The van der Waals surface area contributed by atoms with Gasteiger partial charge in [-0.1, -0.05) is 20.8 Å². The molecule has 0 bridgehead atoms. The summed E-state index contributed by atoms with van der Waals surface area (Å²) in [5, 5.41) is 3.76. The maximum atomic E-state index is 3.76. The van der Waals surface area contributed by atoms with Gasteiger partial charge in [-0.05, 0) is 58.3 Å². The molecule has 0 aromatic carbocycles. The predicted molar refractivity (Wildman–Crippen MR) is 82.5 cm³/mol. The normalized spacial score (nSPS) is 36.0. The molecular weight excluding hydrogens is 234 g/mol. The van der Waals surface area contributed by atoms with Crippen LogP contribution in [0.1, 0.15) is 46.5 Å². The van der Waals surface area contributed by atoms with Crippen molar-refractivity contribution in [3.63, 3.8) is 0 Å². The monoisotopic (exact) mass is 267 g/mol. The van der Waals surface area contributed by atoms with Gasteiger partial charge in [-0.25, -0.2) is 0 Å². The van der Waals surface area contributed by atoms with Gasteiger partial charge in [0.15, 0.2) is 0 Å². The van der Waals surface area contributed by atoms with Crippen LogP contribution in [0.15, 0.2) is 0 Å². The fraction of sp³-hybridized carbons (Fsp3) is 1.00. The lowest BCUT2D eigenvalue weighted by Crippen LogP contribution is -2.56. The van der Waals surface area contributed by atoms with Crippen LogP contribution < -0.4 is 5.32 Å². The second-order valence-corrected chi connectivity index (χ2v) is 7.35. The molecule has 2 rings (SSSR count). The number of hydrogen-bond acceptors (Lipinski definition) is 3. The van der Waals surface area contributed by atoms with Gasteiger partial charge in [-0.2, -0.15) is 0 Å². The van der Waals surface area contributed by atoms with Gasteiger partial charge in [-0.15, -0.1) is 0 Å². The predicted octanol–water partition coefficient (Wildman–Crippen LogP) is 2.18. The molecule has 1 aliphatic carbocycles. The SMILES string of the molecule is CCNC1C(N(C)C2CCCN(C)C2)CCC1(C)C. The first kappa shape index (κ1) is 15.3. The molecular formula is C16H33N3. The van der Waals surface area contributed by atoms with Crippen molar-refractivity contribution in [1.29, 1.82) is 0 Å². The van der Waals surface area contributed by atoms with Crippen LogP contribution in [0.3, 0.4) is 0 Å². The largest absolute Gasteiger partial charge is 0.312 e. The van der Waals surface area contributed by atoms with Crippen molar-refractivity contribution in [3.8, 4) is 0 Å². The average molecular weight is 267 g/mol. The van der Waals surface area contributed by atoms with Crippen molar-refractivity contribution < 1.29 is 0 Å². The van der Waals surface area contributed by atoms with Crippen molar-refractivity contribution in [1.82, 2.24) is 15.1 Å². The molecule has 1 saturated heterocycles. The van der Waals surface area contributed by atoms with E-state index in [9.17, 15) is 0 Å². The first-order valence-electron chi connectivity index (χ1n) is 8.09. The highest BCUT2D eigenvalue weighted by Gasteiger charge is 2.44. The Labute approximate surface area is 119 Å². The highest BCUT2D eigenvalue weighted by molar-refractivity contribution is 5.01. The van der Waals surface area contributed by atoms with Gasteiger partial charge in [0.2, 0.25) is 0 Å². The van der Waals surface area contributed by atoms with Gasteiger partial charge < -0.3 is 10.2 Å². The lowest BCUT2D eigenvalue weighted by molar-refractivity contribution is 0.0789. The van der Waals surface area contributed by atoms with Crippen molar-refractivity contribution in [2.45, 2.75) is 64.6 Å². The molecule has 3 heteroatoms. The van der Waals surface area contributed by atoms with E-state index in [1.807, 2.05) is 0 Å². The Kier molecular flexibility index (Phi) is 4.91. The minimum atomic E-state index is 0.440. The Balaban J connectivity index is 2.03. The van der Waals surface area contributed by atoms with Crippen molar-refractivity contribution in [2.75, 3.05) is 33.7 Å². The zero-order valence-corrected chi connectivity index (χ0v) is 13.6. The molecule has 0 aromatic rings. The summed E-state index contributed by atoms with van der Waals surface area (Å²) < 4.78 is 0. The fourth-order valence-corrected chi connectivity index (χ4v) is 4.18. The van der Waals surface area contributed by atoms with Crippen LogP contribution in [0.5, 0.6) is 0 Å². The Hall–Kier alpha value is -0.120. The van der Waals surface area contributed by atoms with E-state index in [2.05, 4.69) is 50.0 Å². The van der Waals surface area contributed by atoms with E-state index in [0.717, 1.165) is 12.6 Å². The lowest BCUT2D eigenvalue weighted by Gasteiger charge is -2.42. The minimum Gasteiger partial charge on any atom is -0.312 e. The highest BCUT2D eigenvalue weighted by Crippen LogP contribution is 2.40. The molecule has 0 amide bonds. The summed E-state index contributed by atoms with van der Waals surface area (Å²) in [7, 11) is 4.63. The summed E-state index contributed by atoms with van der Waals surface area (Å²) in [5.41, 5.74) is 0.440. The van der Waals surface area contributed by atoms with Gasteiger partial charge in [-0.3, -0.25) is 4.90 Å². The number of likely N-dealkylation sites (tertiary alicyclic amines) is 1. The summed E-state index contributed by atoms with van der Waals surface area (Å²) in [6, 6.07) is 2.11. The van der Waals surface area contributed by atoms with Crippen LogP contribution in [-0.2, 0) is 0 Å². The Morgan fingerprint density at radius 2 is 2.05 bits per heavy atom. The van der Waals surface area contributed by atoms with Gasteiger partial charge in [0, 0.05) is 24.7 Å². The molecule has 3 atom stereocenters. The molecule has 3 unspecified atom stereocenters. The van der Waals surface area contributed by atoms with E-state index in [4.69, 9.17) is 0 Å². The van der Waals surface area contributed by atoms with E-state index in [0.29, 0.717) is 17.5 Å². The smallest absolute Gasteiger partial charge is 0.0274 e. The highest BCUT2D eigenvalue weighted by atomic mass is 15.2. The van der Waals surface area contributed by atoms with E-state index in [1.165, 1.54) is 38.8 Å². The second kappa shape index (κ2) is 6.11. The third-order valence-corrected chi connectivity index (χ3v) is 5.43. The van der Waals surface area contributed by atoms with Crippen molar-refractivity contribution >= 4 is 0 Å². The topological polar surface area (TPSA) is 18.5 Å². The zero-order chi connectivity index (χ0) is 14.0. The maximum absolute atomic E-state index is 3.76. The van der Waals surface area contributed by atoms with Crippen LogP contribution in [0.2, 0.25) is 0 Å². The molecule has 0 spiro atoms. The summed E-state index contributed by atoms with van der Waals surface area (Å²) >= 11 is 0. The maximum Gasteiger partial charge on any atom is 0.0274 e. The minimum absolute atomic E-state index is 0.440. The van der Waals surface area contributed by atoms with E-state index >= 15 is 0 Å². The van der Waals surface area contributed by atoms with E-state index in [-0.39, 0.29) is 0 Å². The number of nitrogens with zero attached hydrogens (tertiary/aromatic N) is 2. The quantitative estimate of drug-likeness (QED) is 0.842. The van der Waals surface area contributed by atoms with E-state index in [1.54, 1.807) is 0 Å². The summed E-state index contributed by atoms with van der Waals surface area (Å²) in [5.74, 6) is 0. The average Bonchev–Trinajstić information content (AvgIpc) is 2.65. The molecule has 1 heterocycles. The fourth-order valence-electron chi connectivity index (χ4n) is 4.18. The number of hydrogen-bond donors (Lipinski definition) is 1. The van der Waals surface area contributed by atoms with Gasteiger partial charge in [0.25, 0.3) is 0 Å². The molecule has 2 fully saturated rings. The third kappa shape index (κ3) is 3.32. The third-order valence-electron chi connectivity index (χ3n) is 5.43. The van der Waals surface area contributed by atoms with Crippen LogP contribution in [0, 0.1) is 5.41 Å². The standard InChI is InChI=1S/C16H33N3/c1-6-17-15-14(9-10-16(15,2)3)19(5)13-8-7-11-18(4)12-13/h13-15,17H,6-12H2,1-5H3. The molecule has 2 aliphatic rings. The summed E-state index contributed by atoms with van der Waals surface area (Å²) in [4.78, 5) is 5.19. The summed E-state index contributed by atoms with van der Waals surface area (Å²) in [6.45, 7) is 10.7. The molecule has 0 radical (unpaired) electrons. The van der Waals surface area contributed by atoms with Crippen LogP contribution in [0.25, 0.3) is 0 Å². The van der Waals surface area contributed by atoms with Gasteiger partial charge >= 0.3 is 0 Å². The molecule has 112 valence electrons. The number of nitrogens with one attached hydrogen (secondary N) is 1. The first-order chi connectivity index (χ1) is 8.95. The molecule has 3 nitrogen and oxygen atoms in total. The van der Waals surface area contributed by atoms with E-state index < -0.39 is 0 Å². The molecule has 1 N–H and O–H groups in total. The van der Waals surface area contributed by atoms with Crippen molar-refractivity contribution in [3.05, 3.63) is 0 Å². The first-order valence-corrected chi connectivity index (χ1v) is 8.09. The Morgan fingerprint density at radius 1 is 1.32 bits per heavy atom. The molecule has 1 saturated carbocycles. The molecule has 0 aromatic heterocycles. The Bertz CT molecular complexity index is 290. The van der Waals surface area contributed by atoms with Crippen molar-refractivity contribution in [2.24, 2.45) is 5.41 Å². The molecule has 1 aliphatic heterocycles. The van der Waals surface area contributed by atoms with Gasteiger partial charge in [0.05, 0.1) is 0 Å². The van der Waals surface area contributed by atoms with Gasteiger partial charge in [0.1, 0.15) is 0 Å². The molecule has 19 heavy (non-hydrogen) atoms. The number of rotatable bonds is 4. The Morgan fingerprint density at radius 3 is 2.68 bits per heavy atom. The van der Waals surface area contributed by atoms with Crippen LogP contribution in [-0.4, -0.2) is 61.7 Å². The zero-order valence-electron chi connectivity index (χ0n) is 13.6. The van der Waals surface area contributed by atoms with Crippen LogP contribution in [0.4, 0.5) is 0 Å². The summed E-state index contributed by atoms with van der Waals surface area (Å²) in [6.07, 6.45) is 5.42. The number of likely N-dealkylation sites (N-methyl/N-ethyl adjacent to an activating group) is 3. The van der Waals surface area contributed by atoms with Crippen LogP contribution >= 0.6 is 0 Å². The second-order valence-electron chi connectivity index (χ2n) is 7.35. The number of piperidine rings is 1.